The van der Waals surface area contributed by atoms with Crippen molar-refractivity contribution in [2.45, 2.75) is 45.1 Å². The first kappa shape index (κ1) is 27.4. The number of aromatic nitrogens is 3. The summed E-state index contributed by atoms with van der Waals surface area (Å²) < 4.78 is 34.7. The standard InChI is InChI=1S/C23H25Cl2N5O5S/c1-6-29(19-9-10-30(27-19)22(32)35-23(3,4)5)21(31)20-18(12-15(24)13-26-20)28-36(33,34)16-7-8-17(25)14(2)11-16/h7-13,28H,6H2,1-5H3. The molecule has 0 radical (unpaired) electrons. The first-order valence-corrected chi connectivity index (χ1v) is 13.0. The SMILES string of the molecule is CCN(C(=O)c1ncc(Cl)cc1NS(=O)(=O)c1ccc(Cl)c(C)c1)c1ccn(C(=O)OC(C)(C)C)n1. The number of pyridine rings is 1. The number of nitrogens with one attached hydrogen (secondary N) is 1. The number of ether oxygens (including phenoxy) is 1. The number of hydrogen-bond donors (Lipinski definition) is 1. The minimum absolute atomic E-state index is 0.0498. The summed E-state index contributed by atoms with van der Waals surface area (Å²) in [6, 6.07) is 6.97. The predicted octanol–water partition coefficient (Wildman–Crippen LogP) is 5.14. The molecule has 1 N–H and O–H groups in total. The van der Waals surface area contributed by atoms with Crippen LogP contribution in [0.2, 0.25) is 10.0 Å². The molecule has 0 saturated carbocycles. The normalized spacial score (nSPS) is 11.8. The van der Waals surface area contributed by atoms with E-state index in [-0.39, 0.29) is 33.7 Å². The number of aryl methyl sites for hydroxylation is 1. The molecule has 1 aromatic carbocycles. The average Bonchev–Trinajstić information content (AvgIpc) is 3.25. The number of amides is 1. The Bertz CT molecular complexity index is 1420. The van der Waals surface area contributed by atoms with E-state index in [4.69, 9.17) is 27.9 Å². The molecule has 0 unspecified atom stereocenters. The summed E-state index contributed by atoms with van der Waals surface area (Å²) in [6.45, 7) is 8.68. The van der Waals surface area contributed by atoms with Gasteiger partial charge in [0, 0.05) is 30.0 Å². The molecule has 36 heavy (non-hydrogen) atoms. The van der Waals surface area contributed by atoms with Crippen LogP contribution in [-0.2, 0) is 14.8 Å². The third-order valence-corrected chi connectivity index (χ3v) is 6.73. The molecule has 13 heteroatoms. The van der Waals surface area contributed by atoms with Crippen LogP contribution in [-0.4, -0.2) is 47.3 Å². The van der Waals surface area contributed by atoms with Gasteiger partial charge in [-0.05, 0) is 64.4 Å². The molecule has 3 aromatic rings. The number of nitrogens with zero attached hydrogens (tertiary/aromatic N) is 4. The summed E-state index contributed by atoms with van der Waals surface area (Å²) in [6.07, 6.45) is 1.88. The second-order valence-corrected chi connectivity index (χ2v) is 11.2. The van der Waals surface area contributed by atoms with Crippen LogP contribution in [0.4, 0.5) is 16.3 Å². The van der Waals surface area contributed by atoms with E-state index in [9.17, 15) is 18.0 Å². The lowest BCUT2D eigenvalue weighted by Crippen LogP contribution is -2.33. The topological polar surface area (TPSA) is 123 Å². The van der Waals surface area contributed by atoms with Crippen LogP contribution in [0.5, 0.6) is 0 Å². The highest BCUT2D eigenvalue weighted by Gasteiger charge is 2.27. The Morgan fingerprint density at radius 2 is 1.86 bits per heavy atom. The van der Waals surface area contributed by atoms with Crippen molar-refractivity contribution < 1.29 is 22.7 Å². The van der Waals surface area contributed by atoms with E-state index in [1.54, 1.807) is 34.6 Å². The highest BCUT2D eigenvalue weighted by Crippen LogP contribution is 2.26. The number of carbonyl (C=O) groups excluding carboxylic acids is 2. The van der Waals surface area contributed by atoms with Gasteiger partial charge >= 0.3 is 6.09 Å². The average molecular weight is 554 g/mol. The van der Waals surface area contributed by atoms with E-state index < -0.39 is 27.6 Å². The molecule has 0 atom stereocenters. The minimum Gasteiger partial charge on any atom is -0.442 e. The second kappa shape index (κ2) is 10.5. The smallest absolute Gasteiger partial charge is 0.435 e. The van der Waals surface area contributed by atoms with Crippen molar-refractivity contribution in [2.24, 2.45) is 0 Å². The summed E-state index contributed by atoms with van der Waals surface area (Å²) in [4.78, 5) is 31.0. The van der Waals surface area contributed by atoms with Gasteiger partial charge in [0.1, 0.15) is 5.60 Å². The van der Waals surface area contributed by atoms with E-state index in [1.807, 2.05) is 0 Å². The lowest BCUT2D eigenvalue weighted by molar-refractivity contribution is 0.0514. The molecular weight excluding hydrogens is 529 g/mol. The fraction of sp³-hybridized carbons (Fsp3) is 0.304. The molecule has 1 amide bonds. The molecule has 192 valence electrons. The molecule has 0 aliphatic carbocycles. The van der Waals surface area contributed by atoms with Crippen LogP contribution in [0.3, 0.4) is 0 Å². The Kier molecular flexibility index (Phi) is 7.97. The quantitative estimate of drug-likeness (QED) is 0.447. The van der Waals surface area contributed by atoms with Crippen molar-refractivity contribution in [1.29, 1.82) is 0 Å². The van der Waals surface area contributed by atoms with Gasteiger partial charge in [-0.15, -0.1) is 5.10 Å². The highest BCUT2D eigenvalue weighted by atomic mass is 35.5. The highest BCUT2D eigenvalue weighted by molar-refractivity contribution is 7.92. The summed E-state index contributed by atoms with van der Waals surface area (Å²) >= 11 is 12.1. The van der Waals surface area contributed by atoms with Crippen molar-refractivity contribution >= 4 is 56.7 Å². The Morgan fingerprint density at radius 3 is 2.47 bits per heavy atom. The molecule has 2 heterocycles. The zero-order chi connectivity index (χ0) is 26.8. The van der Waals surface area contributed by atoms with Crippen molar-refractivity contribution in [3.8, 4) is 0 Å². The Hall–Kier alpha value is -3.15. The van der Waals surface area contributed by atoms with Crippen molar-refractivity contribution in [1.82, 2.24) is 14.8 Å². The first-order chi connectivity index (χ1) is 16.7. The van der Waals surface area contributed by atoms with Crippen LogP contribution < -0.4 is 9.62 Å². The predicted molar refractivity (Wildman–Crippen MR) is 137 cm³/mol. The lowest BCUT2D eigenvalue weighted by Gasteiger charge is -2.20. The van der Waals surface area contributed by atoms with Crippen LogP contribution in [0.1, 0.15) is 43.7 Å². The van der Waals surface area contributed by atoms with Gasteiger partial charge < -0.3 is 4.74 Å². The fourth-order valence-electron chi connectivity index (χ4n) is 3.08. The van der Waals surface area contributed by atoms with Gasteiger partial charge in [0.05, 0.1) is 15.6 Å². The molecule has 0 spiro atoms. The van der Waals surface area contributed by atoms with Crippen molar-refractivity contribution in [3.63, 3.8) is 0 Å². The maximum Gasteiger partial charge on any atom is 0.435 e. The molecule has 0 aliphatic heterocycles. The Balaban J connectivity index is 1.94. The number of anilines is 2. The van der Waals surface area contributed by atoms with E-state index in [2.05, 4.69) is 14.8 Å². The number of carbonyl (C=O) groups is 2. The first-order valence-electron chi connectivity index (χ1n) is 10.8. The molecule has 10 nitrogen and oxygen atoms in total. The summed E-state index contributed by atoms with van der Waals surface area (Å²) in [7, 11) is -4.11. The van der Waals surface area contributed by atoms with Crippen LogP contribution in [0, 0.1) is 6.92 Å². The Labute approximate surface area is 219 Å². The van der Waals surface area contributed by atoms with Gasteiger partial charge in [-0.2, -0.15) is 4.68 Å². The van der Waals surface area contributed by atoms with Crippen LogP contribution in [0.25, 0.3) is 0 Å². The molecular formula is C23H25Cl2N5O5S. The number of sulfonamides is 1. The Morgan fingerprint density at radius 1 is 1.17 bits per heavy atom. The number of hydrogen-bond acceptors (Lipinski definition) is 7. The van der Waals surface area contributed by atoms with Gasteiger partial charge in [-0.25, -0.2) is 18.2 Å². The van der Waals surface area contributed by atoms with E-state index in [0.29, 0.717) is 10.6 Å². The number of rotatable bonds is 6. The third kappa shape index (κ3) is 6.34. The minimum atomic E-state index is -4.11. The zero-order valence-electron chi connectivity index (χ0n) is 20.2. The maximum atomic E-state index is 13.4. The van der Waals surface area contributed by atoms with E-state index in [0.717, 1.165) is 4.68 Å². The fourth-order valence-corrected chi connectivity index (χ4v) is 4.50. The summed E-state index contributed by atoms with van der Waals surface area (Å²) in [5.74, 6) is -0.513. The lowest BCUT2D eigenvalue weighted by atomic mass is 10.2. The molecule has 0 aliphatic rings. The van der Waals surface area contributed by atoms with E-state index in [1.165, 1.54) is 47.6 Å². The van der Waals surface area contributed by atoms with Crippen molar-refractivity contribution in [3.05, 3.63) is 64.0 Å². The summed E-state index contributed by atoms with van der Waals surface area (Å²) in [5, 5.41) is 4.68. The van der Waals surface area contributed by atoms with Gasteiger partial charge in [-0.1, -0.05) is 23.2 Å². The summed E-state index contributed by atoms with van der Waals surface area (Å²) in [5.41, 5.74) is -0.490. The third-order valence-electron chi connectivity index (χ3n) is 4.73. The van der Waals surface area contributed by atoms with Gasteiger partial charge in [0.15, 0.2) is 11.5 Å². The monoisotopic (exact) mass is 553 g/mol. The van der Waals surface area contributed by atoms with Gasteiger partial charge in [0.2, 0.25) is 0 Å². The van der Waals surface area contributed by atoms with Crippen molar-refractivity contribution in [2.75, 3.05) is 16.2 Å². The van der Waals surface area contributed by atoms with Crippen LogP contribution >= 0.6 is 23.2 Å². The zero-order valence-corrected chi connectivity index (χ0v) is 22.6. The molecule has 0 saturated heterocycles. The van der Waals surface area contributed by atoms with Gasteiger partial charge in [-0.3, -0.25) is 14.4 Å². The van der Waals surface area contributed by atoms with Gasteiger partial charge in [0.25, 0.3) is 15.9 Å². The number of halogens is 2. The maximum absolute atomic E-state index is 13.4. The molecule has 0 fully saturated rings. The van der Waals surface area contributed by atoms with Crippen LogP contribution in [0.15, 0.2) is 47.6 Å². The number of benzene rings is 1. The molecule has 3 rings (SSSR count). The second-order valence-electron chi connectivity index (χ2n) is 8.71. The molecule has 0 bridgehead atoms. The van der Waals surface area contributed by atoms with E-state index >= 15 is 0 Å². The molecule has 2 aromatic heterocycles. The largest absolute Gasteiger partial charge is 0.442 e.